The number of likely N-dealkylation sites (tertiary alicyclic amines) is 1. The van der Waals surface area contributed by atoms with Crippen LogP contribution >= 0.6 is 0 Å². The lowest BCUT2D eigenvalue weighted by molar-refractivity contribution is -0.918. The molecule has 1 aliphatic heterocycles. The number of nitrogens with one attached hydrogen (secondary N) is 2. The minimum Gasteiger partial charge on any atom is -0.378 e. The highest BCUT2D eigenvalue weighted by atomic mass is 16.6. The highest BCUT2D eigenvalue weighted by Gasteiger charge is 2.27. The topological polar surface area (TPSA) is 154 Å². The molecule has 0 bridgehead atoms. The van der Waals surface area contributed by atoms with E-state index in [1.54, 1.807) is 18.3 Å². The van der Waals surface area contributed by atoms with Gasteiger partial charge in [-0.2, -0.15) is 9.78 Å². The zero-order valence-corrected chi connectivity index (χ0v) is 15.7. The third kappa shape index (κ3) is 4.27. The maximum Gasteiger partial charge on any atom is 0.294 e. The Morgan fingerprint density at radius 1 is 1.31 bits per heavy atom. The molecule has 12 heteroatoms. The number of piperidine rings is 1. The van der Waals surface area contributed by atoms with Gasteiger partial charge in [0.25, 0.3) is 5.91 Å². The van der Waals surface area contributed by atoms with Crippen LogP contribution in [0.15, 0.2) is 34.1 Å². The molecule has 0 radical (unpaired) electrons. The average Bonchev–Trinajstić information content (AvgIpc) is 3.35. The molecular weight excluding hydrogens is 376 g/mol. The second-order valence-corrected chi connectivity index (χ2v) is 6.71. The predicted octanol–water partition coefficient (Wildman–Crippen LogP) is -1.04. The summed E-state index contributed by atoms with van der Waals surface area (Å²) in [6.45, 7) is 2.57. The highest BCUT2D eigenvalue weighted by Crippen LogP contribution is 2.15. The van der Waals surface area contributed by atoms with Gasteiger partial charge in [0.2, 0.25) is 11.6 Å². The van der Waals surface area contributed by atoms with Gasteiger partial charge in [0.15, 0.2) is 5.69 Å². The van der Waals surface area contributed by atoms with Gasteiger partial charge >= 0.3 is 0 Å². The van der Waals surface area contributed by atoms with Crippen molar-refractivity contribution in [2.24, 2.45) is 5.10 Å². The predicted molar refractivity (Wildman–Crippen MR) is 101 cm³/mol. The third-order valence-electron chi connectivity index (χ3n) is 4.70. The first-order valence-corrected chi connectivity index (χ1v) is 9.33. The van der Waals surface area contributed by atoms with Crippen molar-refractivity contribution in [3.05, 3.63) is 41.5 Å². The lowest BCUT2D eigenvalue weighted by Gasteiger charge is -2.23. The molecule has 1 saturated heterocycles. The molecule has 12 nitrogen and oxygen atoms in total. The molecular formula is C17H21N10O2+. The molecule has 1 amide bonds. The highest BCUT2D eigenvalue weighted by molar-refractivity contribution is 5.94. The Morgan fingerprint density at radius 2 is 2.17 bits per heavy atom. The number of amides is 1. The number of hydrazone groups is 1. The lowest BCUT2D eigenvalue weighted by Crippen LogP contribution is -3.11. The number of nitrogen functional groups attached to an aromatic ring is 1. The number of carbonyl (C=O) groups excluding carboxylic acids is 1. The summed E-state index contributed by atoms with van der Waals surface area (Å²) < 4.78 is 6.08. The molecule has 150 valence electrons. The van der Waals surface area contributed by atoms with Gasteiger partial charge in [0.05, 0.1) is 25.0 Å². The van der Waals surface area contributed by atoms with Gasteiger partial charge in [-0.25, -0.2) is 10.1 Å². The van der Waals surface area contributed by atoms with Crippen LogP contribution in [0.3, 0.4) is 0 Å². The van der Waals surface area contributed by atoms with E-state index in [4.69, 9.17) is 5.73 Å². The van der Waals surface area contributed by atoms with Crippen molar-refractivity contribution in [3.63, 3.8) is 0 Å². The van der Waals surface area contributed by atoms with Gasteiger partial charge in [-0.1, -0.05) is 11.3 Å². The van der Waals surface area contributed by atoms with Crippen LogP contribution in [-0.4, -0.2) is 55.5 Å². The fourth-order valence-electron chi connectivity index (χ4n) is 3.27. The largest absolute Gasteiger partial charge is 0.378 e. The fraction of sp³-hybridized carbons (Fsp3) is 0.353. The number of anilines is 1. The first kappa shape index (κ1) is 18.7. The molecule has 0 unspecified atom stereocenters. The molecule has 3 aromatic rings. The van der Waals surface area contributed by atoms with Crippen molar-refractivity contribution in [2.45, 2.75) is 25.8 Å². The molecule has 29 heavy (non-hydrogen) atoms. The van der Waals surface area contributed by atoms with Gasteiger partial charge in [0, 0.05) is 6.20 Å². The van der Waals surface area contributed by atoms with E-state index in [9.17, 15) is 4.79 Å². The van der Waals surface area contributed by atoms with E-state index >= 15 is 0 Å². The van der Waals surface area contributed by atoms with Gasteiger partial charge in [-0.15, -0.1) is 5.10 Å². The second-order valence-electron chi connectivity index (χ2n) is 6.71. The number of nitrogens with zero attached hydrogens (tertiary/aromatic N) is 7. The fourth-order valence-corrected chi connectivity index (χ4v) is 3.27. The summed E-state index contributed by atoms with van der Waals surface area (Å²) in [5.74, 6) is -0.199. The van der Waals surface area contributed by atoms with Crippen LogP contribution in [0.25, 0.3) is 5.82 Å². The molecule has 1 aliphatic rings. The molecule has 4 rings (SSSR count). The minimum absolute atomic E-state index is 0.0740. The Hall–Kier alpha value is -3.67. The number of hydrogen-bond acceptors (Lipinski definition) is 9. The molecule has 4 heterocycles. The zero-order valence-electron chi connectivity index (χ0n) is 15.7. The van der Waals surface area contributed by atoms with Crippen LogP contribution in [0.1, 0.15) is 41.1 Å². The van der Waals surface area contributed by atoms with Crippen LogP contribution in [-0.2, 0) is 6.54 Å². The standard InChI is InChI=1S/C17H20N10O2/c18-15-16(24-29-23-15)27-13(11-26-8-4-1-5-9-26)14(21-25-27)17(28)22-20-10-12-6-2-3-7-19-12/h2-3,6-7,10H,1,4-5,8-9,11H2,(H2,18,23)(H,22,28)/p+1/b20-10-. The van der Waals surface area contributed by atoms with E-state index in [1.165, 1.54) is 22.2 Å². The van der Waals surface area contributed by atoms with Crippen molar-refractivity contribution in [3.8, 4) is 5.82 Å². The first-order chi connectivity index (χ1) is 14.2. The quantitative estimate of drug-likeness (QED) is 0.352. The van der Waals surface area contributed by atoms with Crippen LogP contribution in [0.4, 0.5) is 5.82 Å². The van der Waals surface area contributed by atoms with E-state index in [2.05, 4.69) is 40.8 Å². The van der Waals surface area contributed by atoms with E-state index < -0.39 is 5.91 Å². The van der Waals surface area contributed by atoms with E-state index in [0.717, 1.165) is 25.9 Å². The normalized spacial score (nSPS) is 15.0. The van der Waals surface area contributed by atoms with Crippen LogP contribution in [0, 0.1) is 0 Å². The Balaban J connectivity index is 1.58. The first-order valence-electron chi connectivity index (χ1n) is 9.33. The molecule has 0 atom stereocenters. The number of nitrogens with two attached hydrogens (primary N) is 1. The number of quaternary nitrogens is 1. The van der Waals surface area contributed by atoms with Gasteiger partial charge < -0.3 is 10.6 Å². The summed E-state index contributed by atoms with van der Waals surface area (Å²) in [7, 11) is 0. The van der Waals surface area contributed by atoms with Gasteiger partial charge in [0.1, 0.15) is 12.2 Å². The molecule has 3 aromatic heterocycles. The summed E-state index contributed by atoms with van der Waals surface area (Å²) in [6, 6.07) is 5.41. The smallest absolute Gasteiger partial charge is 0.294 e. The zero-order chi connectivity index (χ0) is 20.1. The minimum atomic E-state index is -0.482. The molecule has 0 saturated carbocycles. The van der Waals surface area contributed by atoms with E-state index in [0.29, 0.717) is 17.9 Å². The summed E-state index contributed by atoms with van der Waals surface area (Å²) in [5, 5.41) is 19.4. The van der Waals surface area contributed by atoms with Crippen molar-refractivity contribution in [1.29, 1.82) is 0 Å². The lowest BCUT2D eigenvalue weighted by atomic mass is 10.1. The van der Waals surface area contributed by atoms with Gasteiger partial charge in [-0.3, -0.25) is 9.78 Å². The average molecular weight is 397 g/mol. The van der Waals surface area contributed by atoms with E-state index in [1.807, 2.05) is 6.07 Å². The number of pyridine rings is 1. The summed E-state index contributed by atoms with van der Waals surface area (Å²) in [5.41, 5.74) is 9.64. The Kier molecular flexibility index (Phi) is 5.52. The number of aromatic nitrogens is 6. The molecule has 4 N–H and O–H groups in total. The van der Waals surface area contributed by atoms with E-state index in [-0.39, 0.29) is 17.3 Å². The summed E-state index contributed by atoms with van der Waals surface area (Å²) in [4.78, 5) is 18.2. The molecule has 0 spiro atoms. The molecule has 0 aliphatic carbocycles. The van der Waals surface area contributed by atoms with Crippen LogP contribution < -0.4 is 16.1 Å². The Labute approximate surface area is 165 Å². The Morgan fingerprint density at radius 3 is 2.90 bits per heavy atom. The molecule has 1 fully saturated rings. The van der Waals surface area contributed by atoms with Crippen LogP contribution in [0.2, 0.25) is 0 Å². The SMILES string of the molecule is Nc1nonc1-n1nnc(C(=O)N/N=C\c2ccccn2)c1C[NH+]1CCCCC1. The van der Waals surface area contributed by atoms with Crippen molar-refractivity contribution in [2.75, 3.05) is 18.8 Å². The maximum atomic E-state index is 12.7. The van der Waals surface area contributed by atoms with Crippen LogP contribution in [0.5, 0.6) is 0 Å². The van der Waals surface area contributed by atoms with Gasteiger partial charge in [-0.05, 0) is 41.7 Å². The van der Waals surface area contributed by atoms with Crippen molar-refractivity contribution in [1.82, 2.24) is 35.7 Å². The summed E-state index contributed by atoms with van der Waals surface area (Å²) in [6.07, 6.45) is 6.60. The Bertz CT molecular complexity index is 991. The summed E-state index contributed by atoms with van der Waals surface area (Å²) >= 11 is 0. The molecule has 0 aromatic carbocycles. The number of rotatable bonds is 6. The van der Waals surface area contributed by atoms with Crippen molar-refractivity contribution < 1.29 is 14.3 Å². The maximum absolute atomic E-state index is 12.7. The van der Waals surface area contributed by atoms with Crippen molar-refractivity contribution >= 4 is 17.9 Å². The monoisotopic (exact) mass is 397 g/mol. The third-order valence-corrected chi connectivity index (χ3v) is 4.70. The second kappa shape index (κ2) is 8.56. The number of hydrogen-bond donors (Lipinski definition) is 3. The number of carbonyl (C=O) groups is 1.